The van der Waals surface area contributed by atoms with Crippen molar-refractivity contribution in [1.29, 1.82) is 0 Å². The van der Waals surface area contributed by atoms with Gasteiger partial charge in [-0.05, 0) is 57.9 Å². The number of anilines is 1. The molecule has 2 amide bonds. The molecule has 0 aliphatic carbocycles. The van der Waals surface area contributed by atoms with Crippen molar-refractivity contribution in [3.63, 3.8) is 0 Å². The Hall–Kier alpha value is -1.70. The largest absolute Gasteiger partial charge is 0.483 e. The highest BCUT2D eigenvalue weighted by Gasteiger charge is 2.34. The summed E-state index contributed by atoms with van der Waals surface area (Å²) in [4.78, 5) is 25.0. The zero-order chi connectivity index (χ0) is 18.0. The summed E-state index contributed by atoms with van der Waals surface area (Å²) in [6.07, 6.45) is 0. The van der Waals surface area contributed by atoms with Crippen LogP contribution >= 0.6 is 39.3 Å². The second-order valence-electron chi connectivity index (χ2n) is 5.35. The molecule has 8 heteroatoms. The average Bonchev–Trinajstić information content (AvgIpc) is 2.96. The van der Waals surface area contributed by atoms with Gasteiger partial charge in [0.05, 0.1) is 10.2 Å². The van der Waals surface area contributed by atoms with Crippen molar-refractivity contribution in [1.82, 2.24) is 0 Å². The van der Waals surface area contributed by atoms with Crippen molar-refractivity contribution in [3.05, 3.63) is 57.5 Å². The second kappa shape index (κ2) is 7.68. The Morgan fingerprint density at radius 3 is 2.68 bits per heavy atom. The van der Waals surface area contributed by atoms with E-state index in [1.165, 1.54) is 0 Å². The highest BCUT2D eigenvalue weighted by molar-refractivity contribution is 9.10. The first-order chi connectivity index (χ1) is 12.0. The van der Waals surface area contributed by atoms with Gasteiger partial charge in [-0.1, -0.05) is 17.7 Å². The molecule has 2 aromatic rings. The summed E-state index contributed by atoms with van der Waals surface area (Å²) in [6.45, 7) is -0.189. The topological polar surface area (TPSA) is 72.6 Å². The van der Waals surface area contributed by atoms with E-state index in [0.29, 0.717) is 21.0 Å². The van der Waals surface area contributed by atoms with E-state index in [-0.39, 0.29) is 17.9 Å². The van der Waals surface area contributed by atoms with Gasteiger partial charge in [0.2, 0.25) is 5.91 Å². The fraction of sp³-hybridized carbons (Fsp3) is 0.176. The lowest BCUT2D eigenvalue weighted by Crippen LogP contribution is -2.27. The molecule has 1 heterocycles. The highest BCUT2D eigenvalue weighted by Crippen LogP contribution is 2.43. The van der Waals surface area contributed by atoms with E-state index in [4.69, 9.17) is 22.1 Å². The standard InChI is InChI=1S/C17H14BrClN2O3S/c18-13-7-10(1-6-14(13)24-8-15(20)22)17-21(16(23)9-25-17)12-4-2-11(19)3-5-12/h1-7,17H,8-9H2,(H2,20,22)/t17-/m0/s1. The molecule has 1 aliphatic heterocycles. The number of rotatable bonds is 5. The maximum atomic E-state index is 12.4. The number of nitrogens with zero attached hydrogens (tertiary/aromatic N) is 1. The second-order valence-corrected chi connectivity index (χ2v) is 7.71. The van der Waals surface area contributed by atoms with Crippen molar-refractivity contribution in [2.75, 3.05) is 17.3 Å². The van der Waals surface area contributed by atoms with Crippen LogP contribution in [0.3, 0.4) is 0 Å². The molecule has 0 bridgehead atoms. The molecule has 2 aromatic carbocycles. The van der Waals surface area contributed by atoms with Crippen LogP contribution in [0.25, 0.3) is 0 Å². The zero-order valence-electron chi connectivity index (χ0n) is 12.9. The zero-order valence-corrected chi connectivity index (χ0v) is 16.1. The van der Waals surface area contributed by atoms with Crippen molar-refractivity contribution < 1.29 is 14.3 Å². The van der Waals surface area contributed by atoms with Crippen LogP contribution in [0.4, 0.5) is 5.69 Å². The van der Waals surface area contributed by atoms with Crippen LogP contribution in [0.2, 0.25) is 5.02 Å². The number of benzene rings is 2. The molecule has 1 atom stereocenters. The lowest BCUT2D eigenvalue weighted by molar-refractivity contribution is -0.120. The van der Waals surface area contributed by atoms with Gasteiger partial charge < -0.3 is 10.5 Å². The molecular formula is C17H14BrClN2O3S. The molecule has 0 spiro atoms. The minimum absolute atomic E-state index is 0.0440. The molecule has 3 rings (SSSR count). The van der Waals surface area contributed by atoms with Crippen LogP contribution in [-0.4, -0.2) is 24.2 Å². The quantitative estimate of drug-likeness (QED) is 0.767. The number of nitrogens with two attached hydrogens (primary N) is 1. The molecule has 130 valence electrons. The maximum absolute atomic E-state index is 12.4. The van der Waals surface area contributed by atoms with Gasteiger partial charge in [-0.25, -0.2) is 0 Å². The normalized spacial score (nSPS) is 17.0. The Morgan fingerprint density at radius 2 is 2.04 bits per heavy atom. The molecule has 25 heavy (non-hydrogen) atoms. The SMILES string of the molecule is NC(=O)COc1ccc([C@@H]2SCC(=O)N2c2ccc(Cl)cc2)cc1Br. The highest BCUT2D eigenvalue weighted by atomic mass is 79.9. The van der Waals surface area contributed by atoms with Crippen molar-refractivity contribution in [3.8, 4) is 5.75 Å². The number of thioether (sulfide) groups is 1. The summed E-state index contributed by atoms with van der Waals surface area (Å²) in [6, 6.07) is 12.7. The van der Waals surface area contributed by atoms with Gasteiger partial charge in [-0.2, -0.15) is 0 Å². The monoisotopic (exact) mass is 440 g/mol. The number of hydrogen-bond acceptors (Lipinski definition) is 4. The van der Waals surface area contributed by atoms with Gasteiger partial charge in [-0.3, -0.25) is 14.5 Å². The van der Waals surface area contributed by atoms with Crippen LogP contribution in [0, 0.1) is 0 Å². The Morgan fingerprint density at radius 1 is 1.32 bits per heavy atom. The summed E-state index contributed by atoms with van der Waals surface area (Å²) >= 11 is 10.9. The van der Waals surface area contributed by atoms with Gasteiger partial charge in [-0.15, -0.1) is 11.8 Å². The fourth-order valence-electron chi connectivity index (χ4n) is 2.49. The first-order valence-corrected chi connectivity index (χ1v) is 9.57. The molecule has 0 radical (unpaired) electrons. The number of ether oxygens (including phenoxy) is 1. The number of primary amides is 1. The van der Waals surface area contributed by atoms with Gasteiger partial charge in [0.15, 0.2) is 6.61 Å². The van der Waals surface area contributed by atoms with E-state index in [9.17, 15) is 9.59 Å². The van der Waals surface area contributed by atoms with Gasteiger partial charge in [0.1, 0.15) is 11.1 Å². The van der Waals surface area contributed by atoms with Gasteiger partial charge >= 0.3 is 0 Å². The fourth-order valence-corrected chi connectivity index (χ4v) is 4.29. The number of carbonyl (C=O) groups is 2. The van der Waals surface area contributed by atoms with Crippen LogP contribution in [0.1, 0.15) is 10.9 Å². The third-order valence-corrected chi connectivity index (χ3v) is 5.67. The van der Waals surface area contributed by atoms with Crippen molar-refractivity contribution >= 4 is 56.8 Å². The molecule has 0 aromatic heterocycles. The maximum Gasteiger partial charge on any atom is 0.255 e. The summed E-state index contributed by atoms with van der Waals surface area (Å²) < 4.78 is 6.03. The van der Waals surface area contributed by atoms with Gasteiger partial charge in [0, 0.05) is 10.7 Å². The molecule has 1 aliphatic rings. The summed E-state index contributed by atoms with van der Waals surface area (Å²) in [7, 11) is 0. The van der Waals surface area contributed by atoms with Gasteiger partial charge in [0.25, 0.3) is 5.91 Å². The van der Waals surface area contributed by atoms with E-state index in [1.54, 1.807) is 34.9 Å². The van der Waals surface area contributed by atoms with Crippen molar-refractivity contribution in [2.24, 2.45) is 5.73 Å². The predicted octanol–water partition coefficient (Wildman–Crippen LogP) is 3.75. The van der Waals surface area contributed by atoms with Crippen LogP contribution in [-0.2, 0) is 9.59 Å². The van der Waals surface area contributed by atoms with E-state index in [1.807, 2.05) is 24.3 Å². The molecule has 1 fully saturated rings. The lowest BCUT2D eigenvalue weighted by atomic mass is 10.2. The molecular weight excluding hydrogens is 428 g/mol. The summed E-state index contributed by atoms with van der Waals surface area (Å²) in [5.74, 6) is 0.435. The Labute approximate surface area is 162 Å². The van der Waals surface area contributed by atoms with E-state index in [2.05, 4.69) is 15.9 Å². The molecule has 1 saturated heterocycles. The van der Waals surface area contributed by atoms with E-state index < -0.39 is 5.91 Å². The Bertz CT molecular complexity index is 816. The third-order valence-electron chi connectivity index (χ3n) is 3.58. The summed E-state index contributed by atoms with van der Waals surface area (Å²) in [5.41, 5.74) is 6.84. The molecule has 0 saturated carbocycles. The molecule has 0 unspecified atom stereocenters. The molecule has 5 nitrogen and oxygen atoms in total. The van der Waals surface area contributed by atoms with Crippen LogP contribution < -0.4 is 15.4 Å². The Balaban J connectivity index is 1.86. The van der Waals surface area contributed by atoms with Crippen LogP contribution in [0.5, 0.6) is 5.75 Å². The molecule has 2 N–H and O–H groups in total. The lowest BCUT2D eigenvalue weighted by Gasteiger charge is -2.25. The third kappa shape index (κ3) is 4.11. The minimum Gasteiger partial charge on any atom is -0.483 e. The first kappa shape index (κ1) is 18.1. The van der Waals surface area contributed by atoms with E-state index >= 15 is 0 Å². The average molecular weight is 442 g/mol. The smallest absolute Gasteiger partial charge is 0.255 e. The summed E-state index contributed by atoms with van der Waals surface area (Å²) in [5, 5.41) is 0.480. The predicted molar refractivity (Wildman–Crippen MR) is 103 cm³/mol. The van der Waals surface area contributed by atoms with E-state index in [0.717, 1.165) is 11.3 Å². The number of halogens is 2. The number of hydrogen-bond donors (Lipinski definition) is 1. The first-order valence-electron chi connectivity index (χ1n) is 7.35. The Kier molecular flexibility index (Phi) is 5.56. The number of amides is 2. The van der Waals surface area contributed by atoms with Crippen LogP contribution in [0.15, 0.2) is 46.9 Å². The number of carbonyl (C=O) groups excluding carboxylic acids is 2. The van der Waals surface area contributed by atoms with Crippen molar-refractivity contribution in [2.45, 2.75) is 5.37 Å². The minimum atomic E-state index is -0.540.